The molecule has 2 nitrogen and oxygen atoms in total. The number of hydrogen-bond acceptors (Lipinski definition) is 3. The molecule has 0 aliphatic carbocycles. The van der Waals surface area contributed by atoms with Crippen LogP contribution in [0.25, 0.3) is 10.1 Å². The molecule has 1 N–H and O–H groups in total. The number of halogens is 1. The minimum absolute atomic E-state index is 0.0896. The predicted octanol–water partition coefficient (Wildman–Crippen LogP) is 2.92. The Hall–Kier alpha value is -1.08. The van der Waals surface area contributed by atoms with Gasteiger partial charge in [-0.1, -0.05) is 11.6 Å². The number of nitriles is 1. The Morgan fingerprint density at radius 3 is 2.93 bits per heavy atom. The second-order valence-corrected chi connectivity index (χ2v) is 4.49. The Labute approximate surface area is 90.0 Å². The molecule has 0 spiro atoms. The van der Waals surface area contributed by atoms with Gasteiger partial charge in [0.15, 0.2) is 0 Å². The van der Waals surface area contributed by atoms with E-state index in [2.05, 4.69) is 6.07 Å². The second kappa shape index (κ2) is 3.58. The summed E-state index contributed by atoms with van der Waals surface area (Å²) in [5, 5.41) is 18.7. The Kier molecular flexibility index (Phi) is 2.42. The number of benzene rings is 1. The smallest absolute Gasteiger partial charge is 0.0995 e. The molecule has 0 aliphatic rings. The van der Waals surface area contributed by atoms with Crippen molar-refractivity contribution in [1.82, 2.24) is 0 Å². The predicted molar refractivity (Wildman–Crippen MR) is 57.5 cm³/mol. The molecule has 0 aliphatic heterocycles. The summed E-state index contributed by atoms with van der Waals surface area (Å²) in [6.07, 6.45) is 0. The topological polar surface area (TPSA) is 44.0 Å². The van der Waals surface area contributed by atoms with E-state index >= 15 is 0 Å². The van der Waals surface area contributed by atoms with Gasteiger partial charge in [-0.2, -0.15) is 5.26 Å². The average Bonchev–Trinajstić information content (AvgIpc) is 2.52. The molecule has 1 heterocycles. The zero-order valence-electron chi connectivity index (χ0n) is 7.12. The number of aliphatic hydroxyl groups is 1. The minimum atomic E-state index is -0.0896. The van der Waals surface area contributed by atoms with Crippen molar-refractivity contribution in [3.63, 3.8) is 0 Å². The molecular formula is C10H6ClNOS. The van der Waals surface area contributed by atoms with Crippen LogP contribution >= 0.6 is 22.9 Å². The van der Waals surface area contributed by atoms with E-state index in [-0.39, 0.29) is 6.61 Å². The van der Waals surface area contributed by atoms with Crippen LogP contribution in [-0.4, -0.2) is 5.11 Å². The van der Waals surface area contributed by atoms with E-state index in [1.807, 2.05) is 6.07 Å². The van der Waals surface area contributed by atoms with Crippen molar-refractivity contribution in [2.75, 3.05) is 0 Å². The molecule has 14 heavy (non-hydrogen) atoms. The monoisotopic (exact) mass is 223 g/mol. The van der Waals surface area contributed by atoms with Crippen LogP contribution in [0.3, 0.4) is 0 Å². The third-order valence-corrected chi connectivity index (χ3v) is 3.49. The second-order valence-electron chi connectivity index (χ2n) is 2.84. The summed E-state index contributed by atoms with van der Waals surface area (Å²) in [5.41, 5.74) is 1.30. The normalized spacial score (nSPS) is 10.4. The van der Waals surface area contributed by atoms with Crippen LogP contribution in [0.1, 0.15) is 11.1 Å². The maximum absolute atomic E-state index is 9.11. The van der Waals surface area contributed by atoms with E-state index < -0.39 is 0 Å². The Morgan fingerprint density at radius 1 is 1.50 bits per heavy atom. The van der Waals surface area contributed by atoms with E-state index in [4.69, 9.17) is 22.0 Å². The van der Waals surface area contributed by atoms with E-state index in [0.29, 0.717) is 15.5 Å². The van der Waals surface area contributed by atoms with Crippen LogP contribution in [0.4, 0.5) is 0 Å². The highest BCUT2D eigenvalue weighted by atomic mass is 35.5. The SMILES string of the molecule is N#Cc1ccc2sc(Cl)c(CO)c2c1. The number of nitrogens with zero attached hydrogens (tertiary/aromatic N) is 1. The highest BCUT2D eigenvalue weighted by molar-refractivity contribution is 7.22. The maximum atomic E-state index is 9.11. The third kappa shape index (κ3) is 1.38. The van der Waals surface area contributed by atoms with Gasteiger partial charge in [-0.05, 0) is 18.2 Å². The average molecular weight is 224 g/mol. The van der Waals surface area contributed by atoms with Gasteiger partial charge in [-0.3, -0.25) is 0 Å². The number of aliphatic hydroxyl groups excluding tert-OH is 1. The summed E-state index contributed by atoms with van der Waals surface area (Å²) in [7, 11) is 0. The van der Waals surface area contributed by atoms with Crippen molar-refractivity contribution < 1.29 is 5.11 Å². The van der Waals surface area contributed by atoms with Crippen molar-refractivity contribution >= 4 is 33.0 Å². The lowest BCUT2D eigenvalue weighted by Crippen LogP contribution is -1.81. The molecule has 0 amide bonds. The van der Waals surface area contributed by atoms with Gasteiger partial charge in [0.2, 0.25) is 0 Å². The van der Waals surface area contributed by atoms with Gasteiger partial charge in [-0.15, -0.1) is 11.3 Å². The van der Waals surface area contributed by atoms with Crippen LogP contribution < -0.4 is 0 Å². The zero-order valence-corrected chi connectivity index (χ0v) is 8.69. The first-order valence-electron chi connectivity index (χ1n) is 3.98. The molecule has 2 aromatic rings. The lowest BCUT2D eigenvalue weighted by atomic mass is 10.1. The fraction of sp³-hybridized carbons (Fsp3) is 0.100. The lowest BCUT2D eigenvalue weighted by Gasteiger charge is -1.94. The van der Waals surface area contributed by atoms with Gasteiger partial charge in [0.1, 0.15) is 0 Å². The van der Waals surface area contributed by atoms with Gasteiger partial charge < -0.3 is 5.11 Å². The maximum Gasteiger partial charge on any atom is 0.0995 e. The first-order chi connectivity index (χ1) is 6.76. The van der Waals surface area contributed by atoms with Crippen molar-refractivity contribution in [2.45, 2.75) is 6.61 Å². The molecule has 0 saturated heterocycles. The Morgan fingerprint density at radius 2 is 2.29 bits per heavy atom. The Balaban J connectivity index is 2.79. The van der Waals surface area contributed by atoms with Gasteiger partial charge >= 0.3 is 0 Å². The molecule has 0 radical (unpaired) electrons. The standard InChI is InChI=1S/C10H6ClNOS/c11-10-8(5-13)7-3-6(4-12)1-2-9(7)14-10/h1-3,13H,5H2. The van der Waals surface area contributed by atoms with E-state index in [9.17, 15) is 0 Å². The van der Waals surface area contributed by atoms with Crippen LogP contribution in [0.5, 0.6) is 0 Å². The van der Waals surface area contributed by atoms with Crippen molar-refractivity contribution in [2.24, 2.45) is 0 Å². The van der Waals surface area contributed by atoms with Gasteiger partial charge in [0, 0.05) is 15.6 Å². The molecule has 0 unspecified atom stereocenters. The summed E-state index contributed by atoms with van der Waals surface area (Å²) in [6, 6.07) is 7.41. The molecule has 0 atom stereocenters. The lowest BCUT2D eigenvalue weighted by molar-refractivity contribution is 0.284. The zero-order chi connectivity index (χ0) is 10.1. The summed E-state index contributed by atoms with van der Waals surface area (Å²) < 4.78 is 1.59. The summed E-state index contributed by atoms with van der Waals surface area (Å²) in [6.45, 7) is -0.0896. The first-order valence-corrected chi connectivity index (χ1v) is 5.17. The highest BCUT2D eigenvalue weighted by Gasteiger charge is 2.09. The van der Waals surface area contributed by atoms with Crippen LogP contribution in [-0.2, 0) is 6.61 Å². The van der Waals surface area contributed by atoms with Crippen LogP contribution in [0, 0.1) is 11.3 Å². The summed E-state index contributed by atoms with van der Waals surface area (Å²) in [5.74, 6) is 0. The molecule has 0 bridgehead atoms. The minimum Gasteiger partial charge on any atom is -0.392 e. The number of rotatable bonds is 1. The fourth-order valence-electron chi connectivity index (χ4n) is 1.34. The van der Waals surface area contributed by atoms with Crippen molar-refractivity contribution in [3.05, 3.63) is 33.7 Å². The van der Waals surface area contributed by atoms with E-state index in [1.54, 1.807) is 12.1 Å². The molecule has 0 fully saturated rings. The highest BCUT2D eigenvalue weighted by Crippen LogP contribution is 2.35. The third-order valence-electron chi connectivity index (χ3n) is 2.03. The molecule has 1 aromatic heterocycles. The molecule has 4 heteroatoms. The molecular weight excluding hydrogens is 218 g/mol. The molecule has 2 rings (SSSR count). The van der Waals surface area contributed by atoms with Crippen LogP contribution in [0.2, 0.25) is 4.34 Å². The van der Waals surface area contributed by atoms with Gasteiger partial charge in [-0.25, -0.2) is 0 Å². The van der Waals surface area contributed by atoms with E-state index in [0.717, 1.165) is 10.1 Å². The molecule has 0 saturated carbocycles. The summed E-state index contributed by atoms with van der Waals surface area (Å²) >= 11 is 7.36. The first kappa shape index (κ1) is 9.47. The van der Waals surface area contributed by atoms with Crippen molar-refractivity contribution in [1.29, 1.82) is 5.26 Å². The molecule has 1 aromatic carbocycles. The number of thiophene rings is 1. The molecule has 70 valence electrons. The van der Waals surface area contributed by atoms with E-state index in [1.165, 1.54) is 11.3 Å². The quantitative estimate of drug-likeness (QED) is 0.808. The number of fused-ring (bicyclic) bond motifs is 1. The van der Waals surface area contributed by atoms with Gasteiger partial charge in [0.25, 0.3) is 0 Å². The largest absolute Gasteiger partial charge is 0.392 e. The van der Waals surface area contributed by atoms with Crippen molar-refractivity contribution in [3.8, 4) is 6.07 Å². The van der Waals surface area contributed by atoms with Crippen LogP contribution in [0.15, 0.2) is 18.2 Å². The van der Waals surface area contributed by atoms with Gasteiger partial charge in [0.05, 0.1) is 22.6 Å². The fourth-order valence-corrected chi connectivity index (χ4v) is 2.67. The summed E-state index contributed by atoms with van der Waals surface area (Å²) in [4.78, 5) is 0. The Bertz CT molecular complexity index is 527. The number of hydrogen-bond donors (Lipinski definition) is 1.